The summed E-state index contributed by atoms with van der Waals surface area (Å²) >= 11 is 1.87. The normalized spacial score (nSPS) is 14.9. The average Bonchev–Trinajstić information content (AvgIpc) is 3.87. The molecule has 0 amide bonds. The summed E-state index contributed by atoms with van der Waals surface area (Å²) in [5.41, 5.74) is 9.42. The van der Waals surface area contributed by atoms with E-state index in [9.17, 15) is 0 Å². The first-order chi connectivity index (χ1) is 25.3. The zero-order chi connectivity index (χ0) is 33.5. The Morgan fingerprint density at radius 3 is 2.24 bits per heavy atom. The van der Waals surface area contributed by atoms with Gasteiger partial charge in [-0.2, -0.15) is 0 Å². The lowest BCUT2D eigenvalue weighted by Crippen LogP contribution is -2.31. The molecule has 0 spiro atoms. The molecule has 7 aromatic carbocycles. The van der Waals surface area contributed by atoms with Gasteiger partial charge in [0.1, 0.15) is 17.0 Å². The van der Waals surface area contributed by atoms with Crippen molar-refractivity contribution >= 4 is 86.8 Å². The Morgan fingerprint density at radius 1 is 0.608 bits per heavy atom. The number of nitrogens with one attached hydrogen (secondary N) is 1. The molecule has 0 saturated carbocycles. The van der Waals surface area contributed by atoms with Crippen LogP contribution in [0.3, 0.4) is 0 Å². The fourth-order valence-electron chi connectivity index (χ4n) is 7.93. The number of benzene rings is 7. The van der Waals surface area contributed by atoms with Gasteiger partial charge in [-0.15, -0.1) is 11.3 Å². The molecule has 0 aliphatic carbocycles. The van der Waals surface area contributed by atoms with Gasteiger partial charge in [0.2, 0.25) is 0 Å². The minimum atomic E-state index is -0.0324. The SMILES string of the molecule is C1=C(c2ccccc2)N=C(c2cccc3oc4cc(-n5c6ccccc6c6ccc7c8ccccc8sc7c65)ccc4c23)NC1c1ccccc1. The molecule has 11 rings (SSSR count). The monoisotopic (exact) mass is 671 g/mol. The maximum Gasteiger partial charge on any atom is 0.137 e. The van der Waals surface area contributed by atoms with Gasteiger partial charge in [-0.25, -0.2) is 4.99 Å². The van der Waals surface area contributed by atoms with Crippen molar-refractivity contribution < 1.29 is 4.42 Å². The first-order valence-corrected chi connectivity index (χ1v) is 18.1. The third-order valence-electron chi connectivity index (χ3n) is 10.3. The van der Waals surface area contributed by atoms with E-state index in [1.807, 2.05) is 17.4 Å². The van der Waals surface area contributed by atoms with Gasteiger partial charge in [-0.3, -0.25) is 0 Å². The van der Waals surface area contributed by atoms with E-state index in [0.29, 0.717) is 0 Å². The summed E-state index contributed by atoms with van der Waals surface area (Å²) in [4.78, 5) is 5.23. The number of hydrogen-bond donors (Lipinski definition) is 1. The Hall–Kier alpha value is -6.43. The van der Waals surface area contributed by atoms with Gasteiger partial charge in [-0.1, -0.05) is 121 Å². The molecule has 1 aliphatic heterocycles. The molecule has 1 N–H and O–H groups in total. The zero-order valence-electron chi connectivity index (χ0n) is 27.4. The zero-order valence-corrected chi connectivity index (χ0v) is 28.2. The number of rotatable bonds is 4. The molecule has 0 bridgehead atoms. The molecule has 0 radical (unpaired) electrons. The maximum absolute atomic E-state index is 6.70. The van der Waals surface area contributed by atoms with Crippen LogP contribution in [0.25, 0.3) is 75.3 Å². The number of fused-ring (bicyclic) bond motifs is 10. The smallest absolute Gasteiger partial charge is 0.137 e. The Bertz CT molecular complexity index is 3060. The second kappa shape index (κ2) is 11.0. The molecule has 240 valence electrons. The van der Waals surface area contributed by atoms with E-state index in [-0.39, 0.29) is 6.04 Å². The molecular formula is C46H29N3OS. The summed E-state index contributed by atoms with van der Waals surface area (Å²) in [6.45, 7) is 0. The van der Waals surface area contributed by atoms with E-state index in [0.717, 1.165) is 50.3 Å². The second-order valence-corrected chi connectivity index (χ2v) is 14.2. The van der Waals surface area contributed by atoms with Gasteiger partial charge in [0.25, 0.3) is 0 Å². The molecule has 1 unspecified atom stereocenters. The van der Waals surface area contributed by atoms with E-state index in [2.05, 4.69) is 168 Å². The lowest BCUT2D eigenvalue weighted by Gasteiger charge is -2.24. The van der Waals surface area contributed by atoms with Crippen LogP contribution in [0.5, 0.6) is 0 Å². The highest BCUT2D eigenvalue weighted by atomic mass is 32.1. The molecular weight excluding hydrogens is 643 g/mol. The van der Waals surface area contributed by atoms with Crippen LogP contribution in [-0.2, 0) is 0 Å². The van der Waals surface area contributed by atoms with Gasteiger partial charge in [-0.05, 0) is 47.5 Å². The van der Waals surface area contributed by atoms with Crippen LogP contribution < -0.4 is 5.32 Å². The third kappa shape index (κ3) is 4.35. The lowest BCUT2D eigenvalue weighted by molar-refractivity contribution is 0.668. The van der Waals surface area contributed by atoms with E-state index >= 15 is 0 Å². The molecule has 3 aromatic heterocycles. The van der Waals surface area contributed by atoms with Gasteiger partial charge in [0.15, 0.2) is 0 Å². The topological polar surface area (TPSA) is 42.5 Å². The van der Waals surface area contributed by atoms with E-state index in [4.69, 9.17) is 9.41 Å². The Morgan fingerprint density at radius 2 is 1.35 bits per heavy atom. The number of para-hydroxylation sites is 1. The first-order valence-electron chi connectivity index (χ1n) is 17.3. The predicted octanol–water partition coefficient (Wildman–Crippen LogP) is 12.2. The summed E-state index contributed by atoms with van der Waals surface area (Å²) in [7, 11) is 0. The fourth-order valence-corrected chi connectivity index (χ4v) is 9.17. The van der Waals surface area contributed by atoms with Crippen LogP contribution >= 0.6 is 11.3 Å². The Kier molecular flexibility index (Phi) is 6.15. The predicted molar refractivity (Wildman–Crippen MR) is 214 cm³/mol. The molecule has 51 heavy (non-hydrogen) atoms. The van der Waals surface area contributed by atoms with Crippen LogP contribution in [-0.4, -0.2) is 10.4 Å². The highest BCUT2D eigenvalue weighted by Gasteiger charge is 2.24. The molecule has 5 heteroatoms. The first kappa shape index (κ1) is 28.4. The van der Waals surface area contributed by atoms with Gasteiger partial charge >= 0.3 is 0 Å². The molecule has 1 aliphatic rings. The van der Waals surface area contributed by atoms with Crippen molar-refractivity contribution in [1.29, 1.82) is 0 Å². The lowest BCUT2D eigenvalue weighted by atomic mass is 9.99. The number of hydrogen-bond acceptors (Lipinski definition) is 4. The Labute approximate surface area is 297 Å². The molecule has 10 aromatic rings. The fraction of sp³-hybridized carbons (Fsp3) is 0.0217. The number of aliphatic imine (C=N–C) groups is 1. The van der Waals surface area contributed by atoms with Crippen molar-refractivity contribution in [2.24, 2.45) is 4.99 Å². The van der Waals surface area contributed by atoms with Crippen molar-refractivity contribution in [3.8, 4) is 5.69 Å². The minimum Gasteiger partial charge on any atom is -0.456 e. The number of furan rings is 1. The van der Waals surface area contributed by atoms with Crippen molar-refractivity contribution in [2.75, 3.05) is 0 Å². The summed E-state index contributed by atoms with van der Waals surface area (Å²) in [5, 5.41) is 11.0. The van der Waals surface area contributed by atoms with Crippen molar-refractivity contribution in [1.82, 2.24) is 9.88 Å². The minimum absolute atomic E-state index is 0.0324. The summed E-state index contributed by atoms with van der Waals surface area (Å²) in [5.74, 6) is 0.831. The number of thiophene rings is 1. The average molecular weight is 672 g/mol. The highest BCUT2D eigenvalue weighted by molar-refractivity contribution is 7.26. The quantitative estimate of drug-likeness (QED) is 0.202. The van der Waals surface area contributed by atoms with Gasteiger partial charge < -0.3 is 14.3 Å². The van der Waals surface area contributed by atoms with Crippen molar-refractivity contribution in [3.63, 3.8) is 0 Å². The second-order valence-electron chi connectivity index (χ2n) is 13.2. The summed E-state index contributed by atoms with van der Waals surface area (Å²) in [6.07, 6.45) is 2.22. The van der Waals surface area contributed by atoms with E-state index in [1.54, 1.807) is 0 Å². The summed E-state index contributed by atoms with van der Waals surface area (Å²) < 4.78 is 11.7. The molecule has 0 saturated heterocycles. The number of amidine groups is 1. The van der Waals surface area contributed by atoms with Crippen LogP contribution in [0, 0.1) is 0 Å². The molecule has 0 fully saturated rings. The summed E-state index contributed by atoms with van der Waals surface area (Å²) in [6, 6.07) is 55.9. The number of nitrogens with zero attached hydrogens (tertiary/aromatic N) is 2. The van der Waals surface area contributed by atoms with Crippen molar-refractivity contribution in [2.45, 2.75) is 6.04 Å². The highest BCUT2D eigenvalue weighted by Crippen LogP contribution is 2.44. The van der Waals surface area contributed by atoms with Gasteiger partial charge in [0.05, 0.1) is 27.5 Å². The van der Waals surface area contributed by atoms with E-state index in [1.165, 1.54) is 47.5 Å². The molecule has 4 heterocycles. The number of aromatic nitrogens is 1. The van der Waals surface area contributed by atoms with Crippen LogP contribution in [0.1, 0.15) is 22.7 Å². The maximum atomic E-state index is 6.70. The van der Waals surface area contributed by atoms with Gasteiger partial charge in [0, 0.05) is 54.3 Å². The standard InChI is InChI=1S/C46H29N3OS/c1-3-12-28(13-4-1)37-27-38(29-14-5-2-6-15-29)48-46(47-37)36-18-11-20-40-43(36)35-23-22-30(26-41(35)50-40)49-39-19-9-7-16-31(39)33-24-25-34-32-17-8-10-21-42(32)51-45(34)44(33)49/h1-27,37H,(H,47,48). The molecule has 1 atom stereocenters. The van der Waals surface area contributed by atoms with E-state index < -0.39 is 0 Å². The van der Waals surface area contributed by atoms with Crippen LogP contribution in [0.2, 0.25) is 0 Å². The van der Waals surface area contributed by atoms with Crippen LogP contribution in [0.15, 0.2) is 173 Å². The van der Waals surface area contributed by atoms with Crippen LogP contribution in [0.4, 0.5) is 0 Å². The molecule has 4 nitrogen and oxygen atoms in total. The Balaban J connectivity index is 1.11. The third-order valence-corrected chi connectivity index (χ3v) is 11.4. The van der Waals surface area contributed by atoms with Crippen molar-refractivity contribution in [3.05, 3.63) is 180 Å². The largest absolute Gasteiger partial charge is 0.456 e.